The maximum atomic E-state index is 14.3. The van der Waals surface area contributed by atoms with Crippen molar-refractivity contribution in [2.75, 3.05) is 18.4 Å². The molecule has 0 aromatic heterocycles. The van der Waals surface area contributed by atoms with Gasteiger partial charge >= 0.3 is 0 Å². The van der Waals surface area contributed by atoms with Crippen molar-refractivity contribution in [1.29, 1.82) is 0 Å². The van der Waals surface area contributed by atoms with Crippen LogP contribution in [-0.2, 0) is 10.0 Å². The van der Waals surface area contributed by atoms with Crippen LogP contribution < -0.4 is 5.32 Å². The summed E-state index contributed by atoms with van der Waals surface area (Å²) in [6.45, 7) is 2.59. The number of halogens is 2. The molecule has 0 aliphatic carbocycles. The van der Waals surface area contributed by atoms with Crippen molar-refractivity contribution in [2.24, 2.45) is 0 Å². The van der Waals surface area contributed by atoms with Gasteiger partial charge in [-0.1, -0.05) is 22.4 Å². The minimum Gasteiger partial charge on any atom is -0.322 e. The van der Waals surface area contributed by atoms with Crippen LogP contribution in [0.2, 0.25) is 0 Å². The van der Waals surface area contributed by atoms with Gasteiger partial charge in [0.1, 0.15) is 10.7 Å². The van der Waals surface area contributed by atoms with Gasteiger partial charge in [-0.2, -0.15) is 4.31 Å². The van der Waals surface area contributed by atoms with Crippen molar-refractivity contribution in [3.05, 3.63) is 57.8 Å². The number of benzene rings is 2. The fraction of sp³-hybridized carbons (Fsp3) is 0.316. The van der Waals surface area contributed by atoms with E-state index < -0.39 is 26.6 Å². The van der Waals surface area contributed by atoms with E-state index in [9.17, 15) is 17.6 Å². The highest BCUT2D eigenvalue weighted by atomic mass is 79.9. The third-order valence-electron chi connectivity index (χ3n) is 4.56. The van der Waals surface area contributed by atoms with Gasteiger partial charge in [-0.3, -0.25) is 4.79 Å². The Bertz CT molecular complexity index is 973. The van der Waals surface area contributed by atoms with Gasteiger partial charge in [0.2, 0.25) is 10.0 Å². The summed E-state index contributed by atoms with van der Waals surface area (Å²) in [5.74, 6) is -1.34. The predicted molar refractivity (Wildman–Crippen MR) is 106 cm³/mol. The van der Waals surface area contributed by atoms with E-state index in [0.717, 1.165) is 41.4 Å². The highest BCUT2D eigenvalue weighted by molar-refractivity contribution is 9.10. The monoisotopic (exact) mass is 454 g/mol. The zero-order valence-electron chi connectivity index (χ0n) is 14.8. The molecule has 1 amide bonds. The number of hydrogen-bond acceptors (Lipinski definition) is 3. The Morgan fingerprint density at radius 3 is 2.48 bits per heavy atom. The third-order valence-corrected chi connectivity index (χ3v) is 6.97. The Morgan fingerprint density at radius 1 is 1.11 bits per heavy atom. The highest BCUT2D eigenvalue weighted by Crippen LogP contribution is 2.25. The quantitative estimate of drug-likeness (QED) is 0.747. The molecule has 2 aromatic carbocycles. The number of carbonyl (C=O) groups is 1. The summed E-state index contributed by atoms with van der Waals surface area (Å²) in [6, 6.07) is 8.81. The van der Waals surface area contributed by atoms with E-state index in [1.165, 1.54) is 10.4 Å². The number of nitrogens with zero attached hydrogens (tertiary/aromatic N) is 1. The summed E-state index contributed by atoms with van der Waals surface area (Å²) in [4.78, 5) is 12.1. The molecule has 1 N–H and O–H groups in total. The summed E-state index contributed by atoms with van der Waals surface area (Å²) in [7, 11) is -3.96. The first-order chi connectivity index (χ1) is 12.8. The van der Waals surface area contributed by atoms with Crippen LogP contribution in [0.5, 0.6) is 0 Å². The van der Waals surface area contributed by atoms with Gasteiger partial charge in [0.25, 0.3) is 5.91 Å². The smallest absolute Gasteiger partial charge is 0.255 e. The lowest BCUT2D eigenvalue weighted by molar-refractivity contribution is 0.102. The van der Waals surface area contributed by atoms with E-state index in [0.29, 0.717) is 18.8 Å². The van der Waals surface area contributed by atoms with E-state index >= 15 is 0 Å². The predicted octanol–water partition coefficient (Wildman–Crippen LogP) is 4.32. The average molecular weight is 455 g/mol. The zero-order chi connectivity index (χ0) is 19.6. The van der Waals surface area contributed by atoms with E-state index in [2.05, 4.69) is 21.2 Å². The number of anilines is 1. The van der Waals surface area contributed by atoms with Gasteiger partial charge in [-0.25, -0.2) is 12.8 Å². The summed E-state index contributed by atoms with van der Waals surface area (Å²) in [5.41, 5.74) is 1.54. The van der Waals surface area contributed by atoms with Crippen molar-refractivity contribution >= 4 is 37.5 Å². The third kappa shape index (κ3) is 4.39. The van der Waals surface area contributed by atoms with Crippen molar-refractivity contribution < 1.29 is 17.6 Å². The van der Waals surface area contributed by atoms with Gasteiger partial charge < -0.3 is 5.32 Å². The molecule has 2 aromatic rings. The first-order valence-corrected chi connectivity index (χ1v) is 10.9. The molecule has 3 rings (SSSR count). The molecular weight excluding hydrogens is 435 g/mol. The van der Waals surface area contributed by atoms with Crippen molar-refractivity contribution in [3.63, 3.8) is 0 Å². The number of amides is 1. The Kier molecular flexibility index (Phi) is 5.98. The Hall–Kier alpha value is -1.77. The van der Waals surface area contributed by atoms with Gasteiger partial charge in [0.05, 0.1) is 0 Å². The molecule has 0 radical (unpaired) electrons. The molecule has 144 valence electrons. The average Bonchev–Trinajstić information content (AvgIpc) is 2.65. The number of sulfonamides is 1. The summed E-state index contributed by atoms with van der Waals surface area (Å²) >= 11 is 3.36. The van der Waals surface area contributed by atoms with Gasteiger partial charge in [0.15, 0.2) is 0 Å². The molecule has 27 heavy (non-hydrogen) atoms. The number of carbonyl (C=O) groups excluding carboxylic acids is 1. The van der Waals surface area contributed by atoms with Crippen molar-refractivity contribution in [1.82, 2.24) is 4.31 Å². The summed E-state index contributed by atoms with van der Waals surface area (Å²) < 4.78 is 42.0. The Labute approximate surface area is 166 Å². The van der Waals surface area contributed by atoms with Crippen LogP contribution >= 0.6 is 15.9 Å². The van der Waals surface area contributed by atoms with Crippen LogP contribution in [0.1, 0.15) is 35.2 Å². The maximum Gasteiger partial charge on any atom is 0.255 e. The fourth-order valence-corrected chi connectivity index (χ4v) is 5.13. The maximum absolute atomic E-state index is 14.3. The summed E-state index contributed by atoms with van der Waals surface area (Å²) in [6.07, 6.45) is 2.47. The minimum atomic E-state index is -3.96. The number of nitrogens with one attached hydrogen (secondary N) is 1. The normalized spacial score (nSPS) is 15.5. The number of rotatable bonds is 4. The number of aryl methyl sites for hydroxylation is 1. The van der Waals surface area contributed by atoms with E-state index in [1.807, 2.05) is 13.0 Å². The lowest BCUT2D eigenvalue weighted by Gasteiger charge is -2.26. The molecule has 1 aliphatic heterocycles. The topological polar surface area (TPSA) is 66.5 Å². The van der Waals surface area contributed by atoms with Gasteiger partial charge in [-0.15, -0.1) is 0 Å². The Morgan fingerprint density at radius 2 is 1.81 bits per heavy atom. The number of hydrogen-bond donors (Lipinski definition) is 1. The highest BCUT2D eigenvalue weighted by Gasteiger charge is 2.29. The second kappa shape index (κ2) is 8.08. The van der Waals surface area contributed by atoms with E-state index in [4.69, 9.17) is 0 Å². The largest absolute Gasteiger partial charge is 0.322 e. The molecule has 0 bridgehead atoms. The molecule has 1 saturated heterocycles. The molecule has 0 spiro atoms. The molecule has 1 heterocycles. The molecular formula is C19H20BrFN2O3S. The molecule has 0 atom stereocenters. The summed E-state index contributed by atoms with van der Waals surface area (Å²) in [5, 5.41) is 2.74. The Balaban J connectivity index is 1.89. The van der Waals surface area contributed by atoms with Crippen molar-refractivity contribution in [2.45, 2.75) is 31.1 Å². The SMILES string of the molecule is Cc1cc(Br)ccc1NC(=O)c1ccc(F)c(S(=O)(=O)N2CCCCC2)c1. The second-order valence-corrected chi connectivity index (χ2v) is 9.35. The van der Waals surface area contributed by atoms with E-state index in [-0.39, 0.29) is 5.56 Å². The van der Waals surface area contributed by atoms with Crippen LogP contribution in [0.4, 0.5) is 10.1 Å². The second-order valence-electron chi connectivity index (χ2n) is 6.52. The van der Waals surface area contributed by atoms with Crippen LogP contribution in [0, 0.1) is 12.7 Å². The first-order valence-electron chi connectivity index (χ1n) is 8.66. The van der Waals surface area contributed by atoms with Crippen LogP contribution in [-0.4, -0.2) is 31.7 Å². The zero-order valence-corrected chi connectivity index (χ0v) is 17.2. The first kappa shape index (κ1) is 20.0. The minimum absolute atomic E-state index is 0.0919. The van der Waals surface area contributed by atoms with Crippen LogP contribution in [0.3, 0.4) is 0 Å². The lowest BCUT2D eigenvalue weighted by Crippen LogP contribution is -2.36. The lowest BCUT2D eigenvalue weighted by atomic mass is 10.1. The van der Waals surface area contributed by atoms with E-state index in [1.54, 1.807) is 12.1 Å². The van der Waals surface area contributed by atoms with Gasteiger partial charge in [0, 0.05) is 28.8 Å². The molecule has 5 nitrogen and oxygen atoms in total. The molecule has 1 aliphatic rings. The van der Waals surface area contributed by atoms with Crippen molar-refractivity contribution in [3.8, 4) is 0 Å². The fourth-order valence-electron chi connectivity index (χ4n) is 3.05. The standard InChI is InChI=1S/C19H20BrFN2O3S/c1-13-11-15(20)6-8-17(13)22-19(24)14-5-7-16(21)18(12-14)27(25,26)23-9-3-2-4-10-23/h5-8,11-12H,2-4,9-10H2,1H3,(H,22,24). The van der Waals surface area contributed by atoms with Crippen LogP contribution in [0.15, 0.2) is 45.8 Å². The molecule has 0 unspecified atom stereocenters. The molecule has 1 fully saturated rings. The van der Waals surface area contributed by atoms with Gasteiger partial charge in [-0.05, 0) is 61.7 Å². The number of piperidine rings is 1. The molecule has 8 heteroatoms. The van der Waals surface area contributed by atoms with Crippen LogP contribution in [0.25, 0.3) is 0 Å². The molecule has 0 saturated carbocycles.